The minimum Gasteiger partial charge on any atom is -0.357 e. The Bertz CT molecular complexity index is 866. The Morgan fingerprint density at radius 3 is 2.83 bits per heavy atom. The first-order chi connectivity index (χ1) is 14.7. The van der Waals surface area contributed by atoms with Gasteiger partial charge in [0.1, 0.15) is 11.6 Å². The van der Waals surface area contributed by atoms with Gasteiger partial charge < -0.3 is 20.4 Å². The van der Waals surface area contributed by atoms with Gasteiger partial charge in [0.15, 0.2) is 5.96 Å². The van der Waals surface area contributed by atoms with E-state index >= 15 is 0 Å². The summed E-state index contributed by atoms with van der Waals surface area (Å²) in [6, 6.07) is 8.27. The number of rotatable bonds is 6. The molecule has 2 aliphatic heterocycles. The summed E-state index contributed by atoms with van der Waals surface area (Å²) in [5.41, 5.74) is 1.18. The van der Waals surface area contributed by atoms with Crippen molar-refractivity contribution in [1.82, 2.24) is 20.6 Å². The smallest absolute Gasteiger partial charge is 0.191 e. The van der Waals surface area contributed by atoms with E-state index in [0.717, 1.165) is 56.7 Å². The molecule has 0 bridgehead atoms. The molecule has 0 aliphatic carbocycles. The normalized spacial score (nSPS) is 19.4. The van der Waals surface area contributed by atoms with Crippen molar-refractivity contribution in [1.29, 1.82) is 0 Å². The van der Waals surface area contributed by atoms with Gasteiger partial charge in [0, 0.05) is 51.2 Å². The zero-order valence-electron chi connectivity index (χ0n) is 17.5. The molecule has 2 saturated heterocycles. The third-order valence-corrected chi connectivity index (χ3v) is 5.87. The van der Waals surface area contributed by atoms with Crippen molar-refractivity contribution in [2.24, 2.45) is 4.99 Å². The van der Waals surface area contributed by atoms with Gasteiger partial charge in [-0.25, -0.2) is 15.0 Å². The molecule has 4 rings (SSSR count). The van der Waals surface area contributed by atoms with Crippen LogP contribution in [0, 0.1) is 0 Å². The minimum absolute atomic E-state index is 0.304. The van der Waals surface area contributed by atoms with Crippen LogP contribution < -0.4 is 20.4 Å². The monoisotopic (exact) mass is 427 g/mol. The summed E-state index contributed by atoms with van der Waals surface area (Å²) >= 11 is 6.32. The number of halogens is 1. The molecule has 0 amide bonds. The van der Waals surface area contributed by atoms with Gasteiger partial charge in [-0.05, 0) is 56.0 Å². The quantitative estimate of drug-likeness (QED) is 0.545. The molecule has 2 fully saturated rings. The minimum atomic E-state index is 0.304. The standard InChI is InChI=1S/C22H30ClN7/c1-2-24-22(27-15-17-7-10-25-20(14-17)29-11-3-4-12-29)28-18-8-13-30(16-18)21-19(23)6-5-9-26-21/h5-7,9-10,14,18H,2-4,8,11-13,15-16H2,1H3,(H2,24,27,28). The van der Waals surface area contributed by atoms with E-state index in [1.807, 2.05) is 24.4 Å². The topological polar surface area (TPSA) is 68.7 Å². The fourth-order valence-electron chi connectivity index (χ4n) is 4.04. The number of aliphatic imine (C=N–C) groups is 1. The lowest BCUT2D eigenvalue weighted by atomic mass is 10.2. The third kappa shape index (κ3) is 5.14. The molecule has 0 radical (unpaired) electrons. The molecule has 1 unspecified atom stereocenters. The van der Waals surface area contributed by atoms with Crippen LogP contribution in [0.1, 0.15) is 31.7 Å². The fraction of sp³-hybridized carbons (Fsp3) is 0.500. The third-order valence-electron chi connectivity index (χ3n) is 5.57. The number of hydrogen-bond acceptors (Lipinski definition) is 5. The molecule has 160 valence electrons. The molecule has 2 aromatic heterocycles. The molecule has 2 aliphatic rings. The molecule has 0 saturated carbocycles. The molecular weight excluding hydrogens is 398 g/mol. The maximum atomic E-state index is 6.32. The summed E-state index contributed by atoms with van der Waals surface area (Å²) in [5.74, 6) is 2.77. The second kappa shape index (κ2) is 9.98. The number of nitrogens with zero attached hydrogens (tertiary/aromatic N) is 5. The second-order valence-corrected chi connectivity index (χ2v) is 8.20. The van der Waals surface area contributed by atoms with Crippen molar-refractivity contribution in [3.05, 3.63) is 47.2 Å². The number of pyridine rings is 2. The maximum absolute atomic E-state index is 6.32. The lowest BCUT2D eigenvalue weighted by Gasteiger charge is -2.20. The van der Waals surface area contributed by atoms with Crippen LogP contribution in [0.2, 0.25) is 5.02 Å². The van der Waals surface area contributed by atoms with E-state index in [1.165, 1.54) is 18.4 Å². The van der Waals surface area contributed by atoms with E-state index in [2.05, 4.69) is 43.4 Å². The van der Waals surface area contributed by atoms with Crippen LogP contribution in [0.5, 0.6) is 0 Å². The zero-order chi connectivity index (χ0) is 20.8. The Kier molecular flexibility index (Phi) is 6.89. The highest BCUT2D eigenvalue weighted by atomic mass is 35.5. The van der Waals surface area contributed by atoms with Gasteiger partial charge in [-0.1, -0.05) is 11.6 Å². The van der Waals surface area contributed by atoms with Crippen molar-refractivity contribution >= 4 is 29.2 Å². The molecule has 2 N–H and O–H groups in total. The highest BCUT2D eigenvalue weighted by molar-refractivity contribution is 6.32. The maximum Gasteiger partial charge on any atom is 0.191 e. The average molecular weight is 428 g/mol. The molecule has 7 nitrogen and oxygen atoms in total. The van der Waals surface area contributed by atoms with Crippen LogP contribution in [0.25, 0.3) is 0 Å². The fourth-order valence-corrected chi connectivity index (χ4v) is 4.28. The lowest BCUT2D eigenvalue weighted by Crippen LogP contribution is -2.44. The van der Waals surface area contributed by atoms with E-state index in [4.69, 9.17) is 16.6 Å². The Morgan fingerprint density at radius 1 is 1.17 bits per heavy atom. The van der Waals surface area contributed by atoms with Crippen molar-refractivity contribution < 1.29 is 0 Å². The summed E-state index contributed by atoms with van der Waals surface area (Å²) < 4.78 is 0. The number of aromatic nitrogens is 2. The largest absolute Gasteiger partial charge is 0.357 e. The van der Waals surface area contributed by atoms with E-state index < -0.39 is 0 Å². The number of anilines is 2. The first kappa shape index (κ1) is 20.7. The van der Waals surface area contributed by atoms with E-state index in [-0.39, 0.29) is 0 Å². The number of guanidine groups is 1. The van der Waals surface area contributed by atoms with E-state index in [0.29, 0.717) is 17.6 Å². The van der Waals surface area contributed by atoms with Gasteiger partial charge in [0.05, 0.1) is 11.6 Å². The van der Waals surface area contributed by atoms with E-state index in [1.54, 1.807) is 6.20 Å². The predicted molar refractivity (Wildman–Crippen MR) is 124 cm³/mol. The highest BCUT2D eigenvalue weighted by Crippen LogP contribution is 2.25. The average Bonchev–Trinajstić information content (AvgIpc) is 3.45. The SMILES string of the molecule is CCNC(=NCc1ccnc(N2CCCC2)c1)NC1CCN(c2ncccc2Cl)C1. The van der Waals surface area contributed by atoms with Crippen LogP contribution in [0.3, 0.4) is 0 Å². The Labute approximate surface area is 183 Å². The highest BCUT2D eigenvalue weighted by Gasteiger charge is 2.25. The first-order valence-corrected chi connectivity index (χ1v) is 11.2. The molecule has 8 heteroatoms. The van der Waals surface area contributed by atoms with Crippen LogP contribution >= 0.6 is 11.6 Å². The number of nitrogens with one attached hydrogen (secondary N) is 2. The van der Waals surface area contributed by atoms with Crippen LogP contribution in [0.4, 0.5) is 11.6 Å². The van der Waals surface area contributed by atoms with Crippen molar-refractivity contribution in [2.75, 3.05) is 42.5 Å². The Hall–Kier alpha value is -2.54. The summed E-state index contributed by atoms with van der Waals surface area (Å²) in [4.78, 5) is 18.4. The van der Waals surface area contributed by atoms with Gasteiger partial charge in [0.25, 0.3) is 0 Å². The molecule has 0 spiro atoms. The van der Waals surface area contributed by atoms with Gasteiger partial charge >= 0.3 is 0 Å². The zero-order valence-corrected chi connectivity index (χ0v) is 18.3. The van der Waals surface area contributed by atoms with Crippen molar-refractivity contribution in [2.45, 2.75) is 38.8 Å². The van der Waals surface area contributed by atoms with Crippen LogP contribution in [0.15, 0.2) is 41.7 Å². The predicted octanol–water partition coefficient (Wildman–Crippen LogP) is 3.06. The Morgan fingerprint density at radius 2 is 2.03 bits per heavy atom. The molecule has 1 atom stereocenters. The molecule has 2 aromatic rings. The Balaban J connectivity index is 1.37. The molecule has 0 aromatic carbocycles. The van der Waals surface area contributed by atoms with Gasteiger partial charge in [-0.3, -0.25) is 0 Å². The molecule has 30 heavy (non-hydrogen) atoms. The van der Waals surface area contributed by atoms with Crippen molar-refractivity contribution in [3.63, 3.8) is 0 Å². The van der Waals surface area contributed by atoms with Crippen molar-refractivity contribution in [3.8, 4) is 0 Å². The number of hydrogen-bond donors (Lipinski definition) is 2. The summed E-state index contributed by atoms with van der Waals surface area (Å²) in [7, 11) is 0. The van der Waals surface area contributed by atoms with Crippen LogP contribution in [-0.2, 0) is 6.54 Å². The van der Waals surface area contributed by atoms with Gasteiger partial charge in [0.2, 0.25) is 0 Å². The van der Waals surface area contributed by atoms with Crippen LogP contribution in [-0.4, -0.2) is 54.7 Å². The van der Waals surface area contributed by atoms with E-state index in [9.17, 15) is 0 Å². The molecular formula is C22H30ClN7. The summed E-state index contributed by atoms with van der Waals surface area (Å²) in [5, 5.41) is 7.64. The summed E-state index contributed by atoms with van der Waals surface area (Å²) in [6.07, 6.45) is 7.20. The molecule has 4 heterocycles. The van der Waals surface area contributed by atoms with Gasteiger partial charge in [-0.15, -0.1) is 0 Å². The van der Waals surface area contributed by atoms with Gasteiger partial charge in [-0.2, -0.15) is 0 Å². The first-order valence-electron chi connectivity index (χ1n) is 10.8. The second-order valence-electron chi connectivity index (χ2n) is 7.80. The lowest BCUT2D eigenvalue weighted by molar-refractivity contribution is 0.648. The summed E-state index contributed by atoms with van der Waals surface area (Å²) in [6.45, 7) is 7.52.